The molecular weight excluding hydrogens is 937 g/mol. The molecule has 0 radical (unpaired) electrons. The molecule has 1 heterocycles. The van der Waals surface area contributed by atoms with Gasteiger partial charge in [-0.3, -0.25) is 38.6 Å². The minimum Gasteiger partial charge on any atom is -0.480 e. The summed E-state index contributed by atoms with van der Waals surface area (Å²) in [5.41, 5.74) is 12.8. The van der Waals surface area contributed by atoms with Crippen LogP contribution in [0.15, 0.2) is 59.1 Å². The van der Waals surface area contributed by atoms with E-state index in [9.17, 15) is 58.5 Å². The van der Waals surface area contributed by atoms with Crippen molar-refractivity contribution in [1.29, 1.82) is 0 Å². The van der Waals surface area contributed by atoms with Gasteiger partial charge in [-0.05, 0) is 57.4 Å². The van der Waals surface area contributed by atoms with Gasteiger partial charge in [0.1, 0.15) is 36.3 Å². The summed E-state index contributed by atoms with van der Waals surface area (Å²) >= 11 is 0. The molecular formula is C49H76N10O13. The molecule has 23 heteroatoms. The lowest BCUT2D eigenvalue weighted by Crippen LogP contribution is -2.59. The maximum absolute atomic E-state index is 14.4. The van der Waals surface area contributed by atoms with Crippen LogP contribution in [0.5, 0.6) is 0 Å². The zero-order valence-electron chi connectivity index (χ0n) is 42.7. The van der Waals surface area contributed by atoms with Crippen molar-refractivity contribution in [2.24, 2.45) is 40.1 Å². The van der Waals surface area contributed by atoms with Gasteiger partial charge in [0.2, 0.25) is 41.4 Å². The van der Waals surface area contributed by atoms with Crippen molar-refractivity contribution < 1.29 is 63.2 Å². The number of nitrogens with zero attached hydrogens (tertiary/aromatic N) is 2. The van der Waals surface area contributed by atoms with E-state index < -0.39 is 127 Å². The van der Waals surface area contributed by atoms with Crippen LogP contribution in [0.2, 0.25) is 0 Å². The number of likely N-dealkylation sites (N-methyl/N-ethyl adjacent to an activating group) is 1. The number of nitrogens with two attached hydrogens (primary N) is 2. The normalized spacial score (nSPS) is 26.2. The molecule has 72 heavy (non-hydrogen) atoms. The lowest BCUT2D eigenvalue weighted by Gasteiger charge is -2.29. The number of nitrogens with one attached hydrogen (secondary N) is 6. The molecule has 0 bridgehead atoms. The molecule has 1 saturated heterocycles. The molecule has 0 aromatic heterocycles. The third-order valence-electron chi connectivity index (χ3n) is 12.3. The molecule has 11 atom stereocenters. The number of amides is 7. The van der Waals surface area contributed by atoms with Crippen LogP contribution in [0.3, 0.4) is 0 Å². The molecule has 0 spiro atoms. The van der Waals surface area contributed by atoms with Crippen molar-refractivity contribution >= 4 is 59.2 Å². The highest BCUT2D eigenvalue weighted by Gasteiger charge is 2.38. The number of aliphatic carboxylic acids is 2. The van der Waals surface area contributed by atoms with Crippen LogP contribution in [0.4, 0.5) is 0 Å². The van der Waals surface area contributed by atoms with Crippen molar-refractivity contribution in [1.82, 2.24) is 36.8 Å². The summed E-state index contributed by atoms with van der Waals surface area (Å²) in [6, 6.07) is -0.737. The third kappa shape index (κ3) is 20.1. The van der Waals surface area contributed by atoms with E-state index >= 15 is 0 Å². The average molecular weight is 1010 g/mol. The fourth-order valence-electron chi connectivity index (χ4n) is 7.75. The van der Waals surface area contributed by atoms with Crippen molar-refractivity contribution in [2.45, 2.75) is 135 Å². The summed E-state index contributed by atoms with van der Waals surface area (Å²) in [5.74, 6) is -12.8. The van der Waals surface area contributed by atoms with Crippen LogP contribution >= 0.6 is 0 Å². The molecule has 0 saturated carbocycles. The monoisotopic (exact) mass is 1010 g/mol. The summed E-state index contributed by atoms with van der Waals surface area (Å²) in [6.07, 6.45) is 4.48. The second kappa shape index (κ2) is 30.1. The molecule has 23 nitrogen and oxygen atoms in total. The predicted octanol–water partition coefficient (Wildman–Crippen LogP) is -0.534. The Balaban J connectivity index is 2.75. The molecule has 1 aromatic rings. The number of carbonyl (C=O) groups is 9. The number of hydrogen-bond donors (Lipinski definition) is 11. The number of aliphatic hydroxyl groups excluding tert-OH is 1. The number of ether oxygens (including phenoxy) is 1. The maximum Gasteiger partial charge on any atom is 0.327 e. The van der Waals surface area contributed by atoms with Crippen molar-refractivity contribution in [3.05, 3.63) is 59.7 Å². The number of carboxylic acids is 2. The van der Waals surface area contributed by atoms with E-state index in [1.165, 1.54) is 33.9 Å². The Hall–Kier alpha value is -6.88. The Morgan fingerprint density at radius 1 is 0.819 bits per heavy atom. The average Bonchev–Trinajstić information content (AvgIpc) is 3.31. The summed E-state index contributed by atoms with van der Waals surface area (Å²) in [7, 11) is 2.79. The first-order valence-corrected chi connectivity index (χ1v) is 23.9. The van der Waals surface area contributed by atoms with Gasteiger partial charge in [0.25, 0.3) is 0 Å². The van der Waals surface area contributed by atoms with Gasteiger partial charge in [0, 0.05) is 33.0 Å². The predicted molar refractivity (Wildman–Crippen MR) is 266 cm³/mol. The van der Waals surface area contributed by atoms with Crippen molar-refractivity contribution in [3.8, 4) is 0 Å². The van der Waals surface area contributed by atoms with Gasteiger partial charge in [-0.25, -0.2) is 9.59 Å². The van der Waals surface area contributed by atoms with Crippen LogP contribution < -0.4 is 43.4 Å². The summed E-state index contributed by atoms with van der Waals surface area (Å²) in [6.45, 7) is 10.2. The van der Waals surface area contributed by atoms with Gasteiger partial charge in [-0.1, -0.05) is 88.8 Å². The molecule has 7 amide bonds. The number of guanidine groups is 1. The second-order valence-electron chi connectivity index (χ2n) is 18.6. The van der Waals surface area contributed by atoms with Crippen LogP contribution in [0, 0.1) is 23.7 Å². The first-order valence-electron chi connectivity index (χ1n) is 23.9. The van der Waals surface area contributed by atoms with Crippen LogP contribution in [-0.2, 0) is 54.3 Å². The number of aliphatic imine (C=N–C) groups is 1. The number of benzene rings is 1. The zero-order chi connectivity index (χ0) is 54.4. The van der Waals surface area contributed by atoms with Gasteiger partial charge in [0.15, 0.2) is 5.96 Å². The maximum atomic E-state index is 14.4. The Morgan fingerprint density at radius 2 is 1.43 bits per heavy atom. The van der Waals surface area contributed by atoms with Crippen molar-refractivity contribution in [2.75, 3.05) is 27.3 Å². The first-order chi connectivity index (χ1) is 33.8. The molecule has 0 aliphatic carbocycles. The molecule has 1 fully saturated rings. The van der Waals surface area contributed by atoms with Gasteiger partial charge >= 0.3 is 11.9 Å². The van der Waals surface area contributed by atoms with E-state index in [2.05, 4.69) is 36.9 Å². The van der Waals surface area contributed by atoms with E-state index in [-0.39, 0.29) is 49.7 Å². The number of methoxy groups -OCH3 is 1. The van der Waals surface area contributed by atoms with Crippen LogP contribution in [-0.4, -0.2) is 155 Å². The van der Waals surface area contributed by atoms with Gasteiger partial charge in [-0.15, -0.1) is 0 Å². The van der Waals surface area contributed by atoms with Crippen LogP contribution in [0.25, 0.3) is 0 Å². The molecule has 1 unspecified atom stereocenters. The highest BCUT2D eigenvalue weighted by Crippen LogP contribution is 2.19. The number of aliphatic hydroxyl groups is 1. The smallest absolute Gasteiger partial charge is 0.327 e. The van der Waals surface area contributed by atoms with E-state index in [1.807, 2.05) is 43.3 Å². The molecule has 1 aromatic carbocycles. The Kier molecular flexibility index (Phi) is 25.6. The summed E-state index contributed by atoms with van der Waals surface area (Å²) < 4.78 is 5.81. The van der Waals surface area contributed by atoms with Gasteiger partial charge < -0.3 is 68.3 Å². The SMILES string of the molecule is CO[C@@H](Cc1ccccc1)[C@@H](C)/C=C(C)/C=C/[C@@H]1NC(=O)[C@H](CCCN=C(N)N)NC(=O)[C@@H](C)[C@H](C(=O)O)NC(=O)[C@H](CC(C)C)NC(=O)[C@@H](C)NC(=O)C(CO)N(C)C(=O)CC[C@H](C(=O)O)NC(=O)[C@H]1C. The molecule has 1 aliphatic rings. The van der Waals surface area contributed by atoms with Crippen molar-refractivity contribution in [3.63, 3.8) is 0 Å². The largest absolute Gasteiger partial charge is 0.480 e. The Bertz CT molecular complexity index is 2130. The van der Waals surface area contributed by atoms with Crippen LogP contribution in [0.1, 0.15) is 86.1 Å². The number of carbonyl (C=O) groups excluding carboxylic acids is 7. The highest BCUT2D eigenvalue weighted by molar-refractivity contribution is 5.97. The number of hydrogen-bond acceptors (Lipinski definition) is 12. The number of rotatable bonds is 16. The Morgan fingerprint density at radius 3 is 2.00 bits per heavy atom. The van der Waals surface area contributed by atoms with E-state index in [0.29, 0.717) is 12.0 Å². The molecule has 13 N–H and O–H groups in total. The number of carboxylic acid groups (broad SMARTS) is 2. The zero-order valence-corrected chi connectivity index (χ0v) is 42.7. The third-order valence-corrected chi connectivity index (χ3v) is 12.3. The minimum atomic E-state index is -1.90. The highest BCUT2D eigenvalue weighted by atomic mass is 16.5. The Labute approximate surface area is 420 Å². The lowest BCUT2D eigenvalue weighted by molar-refractivity contribution is -0.146. The lowest BCUT2D eigenvalue weighted by atomic mass is 9.94. The molecule has 400 valence electrons. The number of allylic oxidation sites excluding steroid dienone is 2. The fraction of sp³-hybridized carbons (Fsp3) is 0.592. The summed E-state index contributed by atoms with van der Waals surface area (Å²) in [4.78, 5) is 126. The van der Waals surface area contributed by atoms with E-state index in [1.54, 1.807) is 34.0 Å². The molecule has 1 aliphatic heterocycles. The first kappa shape index (κ1) is 61.2. The van der Waals surface area contributed by atoms with Gasteiger partial charge in [-0.2, -0.15) is 0 Å². The standard InChI is InChI=1S/C49H76N10O13/c1-26(2)22-36-45(66)58-40(48(70)71)30(6)42(63)55-34(16-13-21-52-49(50)51)44(65)54-33(18-17-27(3)23-28(4)38(72-9)24-32-14-11-10-12-15-32)29(5)41(62)56-35(47(68)69)19-20-39(61)59(8)37(25-60)46(67)53-31(7)43(64)57-36/h10-12,14-15,17-18,23,26,28-31,33-38,40,60H,13,16,19-22,24-25H2,1-9H3,(H,53,67)(H,54,65)(H,55,63)(H,56,62)(H,57,64)(H,58,66)(H,68,69)(H,70,71)(H4,50,51,52)/b18-17+,27-23+/t28-,29-,30-,31+,33-,34-,35+,36-,37?,38-,40+/m0/s1. The minimum absolute atomic E-state index is 0.0152. The second-order valence-corrected chi connectivity index (χ2v) is 18.6. The quantitative estimate of drug-likeness (QED) is 0.0429. The van der Waals surface area contributed by atoms with Gasteiger partial charge in [0.05, 0.1) is 30.6 Å². The topological polar surface area (TPSA) is 363 Å². The fourth-order valence-corrected chi connectivity index (χ4v) is 7.75. The summed E-state index contributed by atoms with van der Waals surface area (Å²) in [5, 5.41) is 45.6. The van der Waals surface area contributed by atoms with E-state index in [4.69, 9.17) is 16.2 Å². The molecule has 2 rings (SSSR count). The van der Waals surface area contributed by atoms with E-state index in [0.717, 1.165) is 10.5 Å².